The van der Waals surface area contributed by atoms with E-state index in [1.165, 1.54) is 25.0 Å². The molecule has 2 unspecified atom stereocenters. The number of nitrogens with two attached hydrogens (primary N) is 1. The van der Waals surface area contributed by atoms with Gasteiger partial charge in [0.05, 0.1) is 12.1 Å². The van der Waals surface area contributed by atoms with Gasteiger partial charge in [-0.15, -0.1) is 0 Å². The van der Waals surface area contributed by atoms with E-state index >= 15 is 8.78 Å². The molecule has 2 saturated heterocycles. The summed E-state index contributed by atoms with van der Waals surface area (Å²) in [5.41, 5.74) is 9.56. The van der Waals surface area contributed by atoms with Crippen molar-refractivity contribution in [3.63, 3.8) is 0 Å². The van der Waals surface area contributed by atoms with Crippen molar-refractivity contribution in [3.8, 4) is 23.0 Å². The predicted molar refractivity (Wildman–Crippen MR) is 265 cm³/mol. The van der Waals surface area contributed by atoms with Crippen molar-refractivity contribution in [1.82, 2.24) is 15.1 Å². The summed E-state index contributed by atoms with van der Waals surface area (Å²) in [6.07, 6.45) is 2.10. The van der Waals surface area contributed by atoms with E-state index in [1.54, 1.807) is 42.5 Å². The quantitative estimate of drug-likeness (QED) is 0.0811. The highest BCUT2D eigenvalue weighted by atomic mass is 35.5. The van der Waals surface area contributed by atoms with Crippen LogP contribution in [0.5, 0.6) is 23.0 Å². The molecule has 4 heterocycles. The molecule has 6 aliphatic rings. The Hall–Kier alpha value is -5.02. The van der Waals surface area contributed by atoms with E-state index in [-0.39, 0.29) is 75.7 Å². The molecule has 0 aromatic heterocycles. The lowest BCUT2D eigenvalue weighted by molar-refractivity contribution is -0.172. The van der Waals surface area contributed by atoms with E-state index < -0.39 is 71.5 Å². The molecule has 21 heteroatoms. The number of carboxylic acid groups (broad SMARTS) is 1. The van der Waals surface area contributed by atoms with Crippen LogP contribution in [0.4, 0.5) is 26.3 Å². The summed E-state index contributed by atoms with van der Waals surface area (Å²) in [4.78, 5) is 27.6. The van der Waals surface area contributed by atoms with Gasteiger partial charge in [0.25, 0.3) is 5.91 Å². The minimum absolute atomic E-state index is 0. The number of halogens is 8. The summed E-state index contributed by atoms with van der Waals surface area (Å²) < 4.78 is 107. The largest absolute Gasteiger partial charge is 0.486 e. The van der Waals surface area contributed by atoms with Gasteiger partial charge in [0.2, 0.25) is 0 Å². The Labute approximate surface area is 435 Å². The molecule has 2 fully saturated rings. The van der Waals surface area contributed by atoms with Gasteiger partial charge in [-0.3, -0.25) is 4.79 Å². The molecule has 74 heavy (non-hydrogen) atoms. The third kappa shape index (κ3) is 13.1. The first-order valence-corrected chi connectivity index (χ1v) is 25.1. The van der Waals surface area contributed by atoms with E-state index in [9.17, 15) is 37.4 Å². The fourth-order valence-corrected chi connectivity index (χ4v) is 10.6. The van der Waals surface area contributed by atoms with Crippen molar-refractivity contribution in [1.29, 1.82) is 0 Å². The van der Waals surface area contributed by atoms with Crippen LogP contribution in [0.3, 0.4) is 0 Å². The van der Waals surface area contributed by atoms with Gasteiger partial charge in [0.15, 0.2) is 34.6 Å². The maximum Gasteiger partial charge on any atom is 0.374 e. The number of nitrogens with one attached hydrogen (secondary N) is 1. The number of carbonyl (C=O) groups is 2. The fraction of sp³-hybridized carbons (Fsp3) is 0.509. The third-order valence-corrected chi connectivity index (χ3v) is 14.6. The van der Waals surface area contributed by atoms with Crippen LogP contribution in [0.2, 0.25) is 10.0 Å². The Balaban J connectivity index is 0.000000178. The lowest BCUT2D eigenvalue weighted by atomic mass is 9.95. The second-order valence-corrected chi connectivity index (χ2v) is 20.2. The highest BCUT2D eigenvalue weighted by Crippen LogP contribution is 2.42. The Kier molecular flexibility index (Phi) is 18.6. The number of aliphatic carboxylic acids is 1. The molecule has 0 saturated carbocycles. The number of amides is 1. The summed E-state index contributed by atoms with van der Waals surface area (Å²) in [5.74, 6) is -14.0. The van der Waals surface area contributed by atoms with Crippen LogP contribution in [-0.2, 0) is 35.3 Å². The van der Waals surface area contributed by atoms with Gasteiger partial charge in [-0.2, -0.15) is 17.6 Å². The highest BCUT2D eigenvalue weighted by Gasteiger charge is 2.51. The number of alkyl halides is 4. The van der Waals surface area contributed by atoms with Crippen molar-refractivity contribution in [2.75, 3.05) is 65.7 Å². The number of aliphatic hydroxyl groups is 2. The van der Waals surface area contributed by atoms with Crippen molar-refractivity contribution < 1.29 is 70.2 Å². The summed E-state index contributed by atoms with van der Waals surface area (Å²) in [6.45, 7) is 5.37. The van der Waals surface area contributed by atoms with Gasteiger partial charge in [-0.05, 0) is 159 Å². The summed E-state index contributed by atoms with van der Waals surface area (Å²) in [5, 5.41) is 33.3. The van der Waals surface area contributed by atoms with Gasteiger partial charge < -0.3 is 55.1 Å². The average Bonchev–Trinajstić information content (AvgIpc) is 4.22. The van der Waals surface area contributed by atoms with E-state index in [4.69, 9.17) is 53.0 Å². The topological polar surface area (TPSA) is 176 Å². The van der Waals surface area contributed by atoms with Crippen molar-refractivity contribution in [3.05, 3.63) is 116 Å². The first kappa shape index (κ1) is 56.7. The smallest absolute Gasteiger partial charge is 0.374 e. The molecular formula is C53H62Cl2F6N4O9. The van der Waals surface area contributed by atoms with E-state index in [1.807, 2.05) is 4.90 Å². The second-order valence-electron chi connectivity index (χ2n) is 19.3. The van der Waals surface area contributed by atoms with Crippen molar-refractivity contribution in [2.45, 2.75) is 94.9 Å². The maximum absolute atomic E-state index is 15.4. The monoisotopic (exact) mass is 1080 g/mol. The van der Waals surface area contributed by atoms with E-state index in [0.29, 0.717) is 46.7 Å². The number of aliphatic hydroxyl groups excluding tert-OH is 2. The van der Waals surface area contributed by atoms with Crippen LogP contribution in [-0.4, -0.2) is 127 Å². The molecule has 13 nitrogen and oxygen atoms in total. The Bertz CT molecular complexity index is 2620. The molecule has 6 atom stereocenters. The van der Waals surface area contributed by atoms with Gasteiger partial charge >= 0.3 is 17.8 Å². The molecule has 4 aromatic carbocycles. The summed E-state index contributed by atoms with van der Waals surface area (Å²) in [6, 6.07) is 13.8. The Morgan fingerprint density at radius 3 is 1.53 bits per heavy atom. The number of ether oxygens (including phenoxy) is 4. The van der Waals surface area contributed by atoms with Crippen LogP contribution in [0.25, 0.3) is 0 Å². The zero-order valence-electron chi connectivity index (χ0n) is 39.8. The summed E-state index contributed by atoms with van der Waals surface area (Å²) >= 11 is 11.7. The molecular weight excluding hydrogens is 1020 g/mol. The maximum atomic E-state index is 15.4. The number of carbonyl (C=O) groups excluding carboxylic acids is 1. The first-order chi connectivity index (χ1) is 34.8. The van der Waals surface area contributed by atoms with Crippen LogP contribution < -0.4 is 30.0 Å². The minimum Gasteiger partial charge on any atom is -0.486 e. The number of carboxylic acids is 1. The molecule has 404 valence electrons. The second kappa shape index (κ2) is 24.3. The van der Waals surface area contributed by atoms with Crippen LogP contribution in [0.1, 0.15) is 78.7 Å². The zero-order chi connectivity index (χ0) is 52.2. The number of hydrogen-bond acceptors (Lipinski definition) is 11. The first-order valence-electron chi connectivity index (χ1n) is 24.4. The van der Waals surface area contributed by atoms with Gasteiger partial charge in [0.1, 0.15) is 32.5 Å². The fourth-order valence-electron chi connectivity index (χ4n) is 10.2. The van der Waals surface area contributed by atoms with Crippen molar-refractivity contribution >= 4 is 35.1 Å². The number of likely N-dealkylation sites (tertiary alicyclic amines) is 2. The number of rotatable bonds is 13. The predicted octanol–water partition coefficient (Wildman–Crippen LogP) is 8.38. The van der Waals surface area contributed by atoms with Gasteiger partial charge in [-0.1, -0.05) is 42.8 Å². The van der Waals surface area contributed by atoms with E-state index in [0.717, 1.165) is 61.8 Å². The highest BCUT2D eigenvalue weighted by molar-refractivity contribution is 6.31. The molecule has 4 aromatic rings. The number of hydrogen-bond donors (Lipinski definition) is 5. The van der Waals surface area contributed by atoms with Crippen LogP contribution in [0, 0.1) is 23.5 Å². The molecule has 1 amide bonds. The van der Waals surface area contributed by atoms with Crippen LogP contribution in [0.15, 0.2) is 60.7 Å². The molecule has 0 bridgehead atoms. The number of fused-ring (bicyclic) bond motifs is 4. The molecule has 0 spiro atoms. The molecule has 4 aliphatic heterocycles. The number of benzene rings is 4. The Morgan fingerprint density at radius 2 is 1.05 bits per heavy atom. The van der Waals surface area contributed by atoms with Gasteiger partial charge in [0, 0.05) is 41.0 Å². The van der Waals surface area contributed by atoms with E-state index in [2.05, 4.69) is 10.2 Å². The SMILES string of the molecule is C.N[C@H](CN1CCCC1)[C@H](O)c1cc(F)c2c(c1)OCCO2.O=C(N[C@H](CN1CCCC1)[C@H](O)c1cc(F)c2c(c1)OCCO2)C(F)(F)C1Cc2ccc(Cl)cc2C1.O=C(O)C(F)(F)C1Cc2ccc(Cl)cc2C1. The molecule has 0 radical (unpaired) electrons. The lowest BCUT2D eigenvalue weighted by Crippen LogP contribution is -2.54. The minimum atomic E-state index is -3.68. The average molecular weight is 1080 g/mol. The van der Waals surface area contributed by atoms with Crippen LogP contribution >= 0.6 is 23.2 Å². The zero-order valence-corrected chi connectivity index (χ0v) is 41.3. The molecule has 6 N–H and O–H groups in total. The number of nitrogens with zero attached hydrogens (tertiary/aromatic N) is 2. The third-order valence-electron chi connectivity index (χ3n) is 14.2. The van der Waals surface area contributed by atoms with Crippen molar-refractivity contribution in [2.24, 2.45) is 17.6 Å². The summed E-state index contributed by atoms with van der Waals surface area (Å²) in [7, 11) is 0. The standard InChI is InChI=1S/C26H28ClF3N2O4.C15H21FN2O3.C11H9ClF2O2.CH4/c27-19-4-3-15-9-18(10-16(15)11-19)26(29,30)25(34)31-21(14-32-5-1-2-6-32)23(33)17-12-20(28)24-22(13-17)35-7-8-36-24;16-11-7-10(8-13-15(11)21-6-5-20-13)14(19)12(17)9-18-3-1-2-4-18;12-9-2-1-6-3-8(4-7(6)5-9)11(13,14)10(15)16;/h3-4,11-13,18,21,23,33H,1-2,5-10,14H2,(H,31,34);7-8,12,14,19H,1-6,9,17H2;1-2,5,8H,3-4H2,(H,15,16);1H4/t18?,21-,23-;12-,14-;;/m11../s1. The lowest BCUT2D eigenvalue weighted by Gasteiger charge is -2.31. The molecule has 2 aliphatic carbocycles. The normalized spacial score (nSPS) is 20.6. The Morgan fingerprint density at radius 1 is 0.635 bits per heavy atom. The van der Waals surface area contributed by atoms with Gasteiger partial charge in [-0.25, -0.2) is 13.6 Å². The molecule has 10 rings (SSSR count).